The fourth-order valence-corrected chi connectivity index (χ4v) is 1.73. The number of hydrogen-bond donors (Lipinski definition) is 1. The van der Waals surface area contributed by atoms with Crippen molar-refractivity contribution in [2.45, 2.75) is 6.61 Å². The summed E-state index contributed by atoms with van der Waals surface area (Å²) in [6, 6.07) is 11.2. The minimum absolute atomic E-state index is 0.0149. The molecule has 0 bridgehead atoms. The van der Waals surface area contributed by atoms with Gasteiger partial charge in [0, 0.05) is 28.4 Å². The smallest absolute Gasteiger partial charge is 0.269 e. The van der Waals surface area contributed by atoms with Gasteiger partial charge in [-0.25, -0.2) is 0 Å². The second-order valence-corrected chi connectivity index (χ2v) is 4.32. The Labute approximate surface area is 114 Å². The van der Waals surface area contributed by atoms with Gasteiger partial charge in [0.2, 0.25) is 0 Å². The number of halogens is 1. The van der Waals surface area contributed by atoms with Crippen LogP contribution >= 0.6 is 11.6 Å². The number of nitrogens with zero attached hydrogens (tertiary/aromatic N) is 1. The maximum absolute atomic E-state index is 10.7. The van der Waals surface area contributed by atoms with Crippen LogP contribution in [0.1, 0.15) is 5.56 Å². The molecule has 0 saturated heterocycles. The first kappa shape index (κ1) is 13.2. The van der Waals surface area contributed by atoms with Gasteiger partial charge in [-0.3, -0.25) is 10.1 Å². The monoisotopic (exact) mass is 278 g/mol. The molecule has 5 nitrogen and oxygen atoms in total. The Morgan fingerprint density at radius 2 is 2.05 bits per heavy atom. The first-order chi connectivity index (χ1) is 9.06. The molecule has 0 aliphatic rings. The lowest BCUT2D eigenvalue weighted by Crippen LogP contribution is -2.01. The number of ether oxygens (including phenoxy) is 1. The lowest BCUT2D eigenvalue weighted by molar-refractivity contribution is -0.384. The van der Waals surface area contributed by atoms with E-state index in [0.29, 0.717) is 22.0 Å². The molecule has 0 heterocycles. The van der Waals surface area contributed by atoms with Gasteiger partial charge in [-0.15, -0.1) is 0 Å². The Kier molecular flexibility index (Phi) is 3.87. The highest BCUT2D eigenvalue weighted by Crippen LogP contribution is 2.23. The van der Waals surface area contributed by atoms with Crippen LogP contribution in [0.3, 0.4) is 0 Å². The van der Waals surface area contributed by atoms with Gasteiger partial charge in [-0.1, -0.05) is 17.7 Å². The van der Waals surface area contributed by atoms with Gasteiger partial charge >= 0.3 is 0 Å². The van der Waals surface area contributed by atoms with Crippen LogP contribution in [0.15, 0.2) is 42.5 Å². The molecule has 0 spiro atoms. The second kappa shape index (κ2) is 5.58. The van der Waals surface area contributed by atoms with E-state index < -0.39 is 4.92 Å². The highest BCUT2D eigenvalue weighted by molar-refractivity contribution is 6.30. The van der Waals surface area contributed by atoms with Crippen molar-refractivity contribution in [3.05, 3.63) is 63.2 Å². The fraction of sp³-hybridized carbons (Fsp3) is 0.0769. The molecule has 19 heavy (non-hydrogen) atoms. The summed E-state index contributed by atoms with van der Waals surface area (Å²) in [5.41, 5.74) is 6.76. The molecule has 0 amide bonds. The predicted molar refractivity (Wildman–Crippen MR) is 73.3 cm³/mol. The molecular weight excluding hydrogens is 268 g/mol. The van der Waals surface area contributed by atoms with Crippen molar-refractivity contribution in [2.75, 3.05) is 5.73 Å². The van der Waals surface area contributed by atoms with Gasteiger partial charge in [0.05, 0.1) is 4.92 Å². The third-order valence-corrected chi connectivity index (χ3v) is 2.76. The molecule has 98 valence electrons. The fourth-order valence-electron chi connectivity index (χ4n) is 1.55. The number of nitrogens with two attached hydrogens (primary N) is 1. The molecule has 2 aromatic carbocycles. The molecule has 2 aromatic rings. The van der Waals surface area contributed by atoms with E-state index in [4.69, 9.17) is 22.1 Å². The summed E-state index contributed by atoms with van der Waals surface area (Å²) in [5, 5.41) is 11.2. The molecule has 0 atom stereocenters. The van der Waals surface area contributed by atoms with Crippen molar-refractivity contribution in [3.8, 4) is 5.75 Å². The Morgan fingerprint density at radius 1 is 1.26 bits per heavy atom. The van der Waals surface area contributed by atoms with Crippen molar-refractivity contribution in [1.29, 1.82) is 0 Å². The molecule has 6 heteroatoms. The van der Waals surface area contributed by atoms with Gasteiger partial charge in [0.1, 0.15) is 12.4 Å². The van der Waals surface area contributed by atoms with E-state index in [2.05, 4.69) is 0 Å². The minimum Gasteiger partial charge on any atom is -0.489 e. The molecule has 0 aromatic heterocycles. The molecule has 0 radical (unpaired) electrons. The molecule has 0 aliphatic carbocycles. The molecule has 2 N–H and O–H groups in total. The number of nitrogen functional groups attached to an aromatic ring is 1. The van der Waals surface area contributed by atoms with Crippen LogP contribution in [0.2, 0.25) is 5.02 Å². The number of hydrogen-bond acceptors (Lipinski definition) is 4. The number of rotatable bonds is 4. The first-order valence-electron chi connectivity index (χ1n) is 5.47. The minimum atomic E-state index is -0.470. The Bertz CT molecular complexity index is 617. The van der Waals surface area contributed by atoms with Gasteiger partial charge < -0.3 is 10.5 Å². The molecule has 0 fully saturated rings. The molecule has 0 unspecified atom stereocenters. The van der Waals surface area contributed by atoms with E-state index in [-0.39, 0.29) is 12.3 Å². The SMILES string of the molecule is Nc1ccc([N+](=O)[O-])cc1COc1cccc(Cl)c1. The van der Waals surface area contributed by atoms with E-state index in [1.165, 1.54) is 18.2 Å². The highest BCUT2D eigenvalue weighted by atomic mass is 35.5. The largest absolute Gasteiger partial charge is 0.489 e. The average molecular weight is 279 g/mol. The van der Waals surface area contributed by atoms with Crippen LogP contribution in [-0.2, 0) is 6.61 Å². The highest BCUT2D eigenvalue weighted by Gasteiger charge is 2.09. The van der Waals surface area contributed by atoms with E-state index in [0.717, 1.165) is 0 Å². The zero-order chi connectivity index (χ0) is 13.8. The number of non-ortho nitro benzene ring substituents is 1. The number of nitro groups is 1. The summed E-state index contributed by atoms with van der Waals surface area (Å²) < 4.78 is 5.50. The first-order valence-corrected chi connectivity index (χ1v) is 5.85. The summed E-state index contributed by atoms with van der Waals surface area (Å²) in [5.74, 6) is 0.582. The summed E-state index contributed by atoms with van der Waals surface area (Å²) in [6.07, 6.45) is 0. The Balaban J connectivity index is 2.15. The van der Waals surface area contributed by atoms with Crippen LogP contribution in [0, 0.1) is 10.1 Å². The van der Waals surface area contributed by atoms with Crippen molar-refractivity contribution >= 4 is 23.0 Å². The van der Waals surface area contributed by atoms with E-state index in [1.807, 2.05) is 0 Å². The average Bonchev–Trinajstić information content (AvgIpc) is 2.37. The molecule has 2 rings (SSSR count). The molecule has 0 saturated carbocycles. The third-order valence-electron chi connectivity index (χ3n) is 2.53. The van der Waals surface area contributed by atoms with Crippen molar-refractivity contribution in [2.24, 2.45) is 0 Å². The number of nitro benzene ring substituents is 1. The third kappa shape index (κ3) is 3.35. The maximum atomic E-state index is 10.7. The maximum Gasteiger partial charge on any atom is 0.269 e. The van der Waals surface area contributed by atoms with Crippen LogP contribution in [0.25, 0.3) is 0 Å². The van der Waals surface area contributed by atoms with E-state index in [9.17, 15) is 10.1 Å². The second-order valence-electron chi connectivity index (χ2n) is 3.89. The van der Waals surface area contributed by atoms with Gasteiger partial charge in [0.25, 0.3) is 5.69 Å². The van der Waals surface area contributed by atoms with E-state index in [1.54, 1.807) is 24.3 Å². The Morgan fingerprint density at radius 3 is 2.74 bits per heavy atom. The standard InChI is InChI=1S/C13H11ClN2O3/c14-10-2-1-3-12(7-10)19-8-9-6-11(16(17)18)4-5-13(9)15/h1-7H,8,15H2. The van der Waals surface area contributed by atoms with Crippen LogP contribution < -0.4 is 10.5 Å². The van der Waals surface area contributed by atoms with Gasteiger partial charge in [-0.2, -0.15) is 0 Å². The number of benzene rings is 2. The predicted octanol–water partition coefficient (Wildman–Crippen LogP) is 3.41. The summed E-state index contributed by atoms with van der Waals surface area (Å²) in [6.45, 7) is 0.147. The van der Waals surface area contributed by atoms with Crippen LogP contribution in [-0.4, -0.2) is 4.92 Å². The van der Waals surface area contributed by atoms with E-state index >= 15 is 0 Å². The zero-order valence-electron chi connectivity index (χ0n) is 9.88. The van der Waals surface area contributed by atoms with Crippen LogP contribution in [0.4, 0.5) is 11.4 Å². The normalized spacial score (nSPS) is 10.2. The number of anilines is 1. The summed E-state index contributed by atoms with van der Waals surface area (Å²) >= 11 is 5.83. The Hall–Kier alpha value is -2.27. The summed E-state index contributed by atoms with van der Waals surface area (Å²) in [7, 11) is 0. The van der Waals surface area contributed by atoms with Crippen molar-refractivity contribution in [1.82, 2.24) is 0 Å². The quantitative estimate of drug-likeness (QED) is 0.528. The van der Waals surface area contributed by atoms with Gasteiger partial charge in [-0.05, 0) is 24.3 Å². The zero-order valence-corrected chi connectivity index (χ0v) is 10.6. The lowest BCUT2D eigenvalue weighted by Gasteiger charge is -2.08. The van der Waals surface area contributed by atoms with Crippen LogP contribution in [0.5, 0.6) is 5.75 Å². The van der Waals surface area contributed by atoms with Crippen molar-refractivity contribution in [3.63, 3.8) is 0 Å². The molecular formula is C13H11ClN2O3. The molecule has 0 aliphatic heterocycles. The van der Waals surface area contributed by atoms with Crippen molar-refractivity contribution < 1.29 is 9.66 Å². The summed E-state index contributed by atoms with van der Waals surface area (Å²) in [4.78, 5) is 10.2. The lowest BCUT2D eigenvalue weighted by atomic mass is 10.1. The van der Waals surface area contributed by atoms with Gasteiger partial charge in [0.15, 0.2) is 0 Å². The topological polar surface area (TPSA) is 78.4 Å².